The van der Waals surface area contributed by atoms with E-state index in [0.29, 0.717) is 49.8 Å². The number of nitrogens with zero attached hydrogens (tertiary/aromatic N) is 1. The minimum Gasteiger partial charge on any atom is -0.481 e. The van der Waals surface area contributed by atoms with Gasteiger partial charge in [0.15, 0.2) is 0 Å². The molecule has 1 aromatic carbocycles. The summed E-state index contributed by atoms with van der Waals surface area (Å²) in [5, 5.41) is 14.6. The molecule has 1 heterocycles. The number of amides is 4. The molecule has 0 radical (unpaired) electrons. The van der Waals surface area contributed by atoms with Crippen molar-refractivity contribution in [3.8, 4) is 0 Å². The third-order valence-electron chi connectivity index (χ3n) is 5.13. The topological polar surface area (TPSA) is 116 Å². The van der Waals surface area contributed by atoms with E-state index < -0.39 is 5.97 Å². The predicted octanol–water partition coefficient (Wildman–Crippen LogP) is 1.62. The molecule has 0 unspecified atom stereocenters. The van der Waals surface area contributed by atoms with E-state index in [1.807, 2.05) is 0 Å². The van der Waals surface area contributed by atoms with Crippen LogP contribution in [0.15, 0.2) is 24.3 Å². The van der Waals surface area contributed by atoms with Gasteiger partial charge in [-0.15, -0.1) is 0 Å². The van der Waals surface area contributed by atoms with Crippen molar-refractivity contribution in [1.29, 1.82) is 0 Å². The lowest BCUT2D eigenvalue weighted by molar-refractivity contribution is -0.142. The number of carbonyl (C=O) groups excluding carboxylic acids is 3. The second-order valence-electron chi connectivity index (χ2n) is 6.95. The molecule has 1 fully saturated rings. The maximum atomic E-state index is 12.2. The van der Waals surface area contributed by atoms with Crippen LogP contribution >= 0.6 is 0 Å². The average Bonchev–Trinajstić information content (AvgIpc) is 2.90. The molecule has 4 amide bonds. The molecule has 0 atom stereocenters. The van der Waals surface area contributed by atoms with Gasteiger partial charge in [-0.2, -0.15) is 0 Å². The van der Waals surface area contributed by atoms with Crippen molar-refractivity contribution in [2.75, 3.05) is 13.1 Å². The Hall–Kier alpha value is -2.90. The number of imide groups is 1. The highest BCUT2D eigenvalue weighted by atomic mass is 16.4. The summed E-state index contributed by atoms with van der Waals surface area (Å²) < 4.78 is 0. The number of carbonyl (C=O) groups is 4. The molecule has 1 aliphatic heterocycles. The van der Waals surface area contributed by atoms with Crippen LogP contribution in [0, 0.1) is 5.92 Å². The molecule has 1 aliphatic carbocycles. The Morgan fingerprint density at radius 1 is 1.04 bits per heavy atom. The van der Waals surface area contributed by atoms with Crippen molar-refractivity contribution in [3.63, 3.8) is 0 Å². The van der Waals surface area contributed by atoms with Gasteiger partial charge in [-0.1, -0.05) is 12.1 Å². The molecule has 1 saturated carbocycles. The summed E-state index contributed by atoms with van der Waals surface area (Å²) in [7, 11) is 0. The maximum Gasteiger partial charge on any atom is 0.315 e. The predicted molar refractivity (Wildman–Crippen MR) is 96.3 cm³/mol. The standard InChI is InChI=1S/C19H23N3O5/c23-16-14-4-1-2-5-15(14)17(24)22(16)11-3-10-20-19(27)21-13-8-6-12(7-9-13)18(25)26/h1-2,4-5,12-13H,3,6-11H2,(H,25,26)(H2,20,21,27). The van der Waals surface area contributed by atoms with Gasteiger partial charge in [-0.05, 0) is 44.2 Å². The molecule has 8 heteroatoms. The summed E-state index contributed by atoms with van der Waals surface area (Å²) in [6.07, 6.45) is 2.91. The highest BCUT2D eigenvalue weighted by molar-refractivity contribution is 6.21. The van der Waals surface area contributed by atoms with Crippen molar-refractivity contribution in [2.24, 2.45) is 5.92 Å². The second kappa shape index (κ2) is 8.20. The number of hydrogen-bond acceptors (Lipinski definition) is 4. The minimum absolute atomic E-state index is 0.0168. The zero-order valence-corrected chi connectivity index (χ0v) is 14.9. The molecule has 3 N–H and O–H groups in total. The molecule has 3 rings (SSSR count). The fourth-order valence-corrected chi connectivity index (χ4v) is 3.60. The summed E-state index contributed by atoms with van der Waals surface area (Å²) >= 11 is 0. The van der Waals surface area contributed by atoms with Gasteiger partial charge in [-0.25, -0.2) is 4.79 Å². The van der Waals surface area contributed by atoms with Gasteiger partial charge in [0.05, 0.1) is 17.0 Å². The van der Waals surface area contributed by atoms with Gasteiger partial charge in [-0.3, -0.25) is 19.3 Å². The van der Waals surface area contributed by atoms with Crippen LogP contribution in [0.2, 0.25) is 0 Å². The van der Waals surface area contributed by atoms with Crippen molar-refractivity contribution in [1.82, 2.24) is 15.5 Å². The van der Waals surface area contributed by atoms with E-state index in [9.17, 15) is 19.2 Å². The SMILES string of the molecule is O=C(NCCCN1C(=O)c2ccccc2C1=O)NC1CCC(C(=O)O)CC1. The maximum absolute atomic E-state index is 12.2. The van der Waals surface area contributed by atoms with Crippen LogP contribution in [0.1, 0.15) is 52.8 Å². The second-order valence-corrected chi connectivity index (χ2v) is 6.95. The summed E-state index contributed by atoms with van der Waals surface area (Å²) in [6.45, 7) is 0.583. The first-order valence-corrected chi connectivity index (χ1v) is 9.19. The first-order chi connectivity index (χ1) is 13.0. The number of urea groups is 1. The van der Waals surface area contributed by atoms with Crippen LogP contribution < -0.4 is 10.6 Å². The molecule has 8 nitrogen and oxygen atoms in total. The van der Waals surface area contributed by atoms with Crippen LogP contribution in [0.25, 0.3) is 0 Å². The molecule has 0 saturated heterocycles. The quantitative estimate of drug-likeness (QED) is 0.518. The normalized spacial score (nSPS) is 21.7. The number of hydrogen-bond donors (Lipinski definition) is 3. The Labute approximate surface area is 156 Å². The van der Waals surface area contributed by atoms with Crippen LogP contribution in [0.5, 0.6) is 0 Å². The lowest BCUT2D eigenvalue weighted by Gasteiger charge is -2.26. The number of fused-ring (bicyclic) bond motifs is 1. The summed E-state index contributed by atoms with van der Waals surface area (Å²) in [5.41, 5.74) is 0.843. The average molecular weight is 373 g/mol. The highest BCUT2D eigenvalue weighted by Crippen LogP contribution is 2.24. The van der Waals surface area contributed by atoms with Crippen LogP contribution in [0.3, 0.4) is 0 Å². The fourth-order valence-electron chi connectivity index (χ4n) is 3.60. The molecule has 2 aliphatic rings. The number of benzene rings is 1. The Morgan fingerprint density at radius 3 is 2.19 bits per heavy atom. The van der Waals surface area contributed by atoms with E-state index in [4.69, 9.17) is 5.11 Å². The van der Waals surface area contributed by atoms with Crippen LogP contribution in [-0.2, 0) is 4.79 Å². The monoisotopic (exact) mass is 373 g/mol. The lowest BCUT2D eigenvalue weighted by atomic mass is 9.86. The minimum atomic E-state index is -0.772. The van der Waals surface area contributed by atoms with Crippen molar-refractivity contribution >= 4 is 23.8 Å². The summed E-state index contributed by atoms with van der Waals surface area (Å²) in [5.74, 6) is -1.68. The van der Waals surface area contributed by atoms with Gasteiger partial charge in [0.1, 0.15) is 0 Å². The van der Waals surface area contributed by atoms with Crippen molar-refractivity contribution in [2.45, 2.75) is 38.1 Å². The smallest absolute Gasteiger partial charge is 0.315 e. The third-order valence-corrected chi connectivity index (χ3v) is 5.13. The van der Waals surface area contributed by atoms with E-state index in [1.165, 1.54) is 4.90 Å². The molecule has 0 aromatic heterocycles. The van der Waals surface area contributed by atoms with Gasteiger partial charge < -0.3 is 15.7 Å². The molecule has 0 spiro atoms. The molecular weight excluding hydrogens is 350 g/mol. The van der Waals surface area contributed by atoms with E-state index in [-0.39, 0.29) is 36.3 Å². The Balaban J connectivity index is 1.36. The van der Waals surface area contributed by atoms with Crippen LogP contribution in [0.4, 0.5) is 4.79 Å². The van der Waals surface area contributed by atoms with Gasteiger partial charge in [0.25, 0.3) is 11.8 Å². The molecule has 1 aromatic rings. The van der Waals surface area contributed by atoms with Gasteiger partial charge in [0, 0.05) is 19.1 Å². The summed E-state index contributed by atoms with van der Waals surface area (Å²) in [6, 6.07) is 6.40. The number of carboxylic acid groups (broad SMARTS) is 1. The van der Waals surface area contributed by atoms with E-state index in [0.717, 1.165) is 0 Å². The number of carboxylic acids is 1. The molecular formula is C19H23N3O5. The van der Waals surface area contributed by atoms with Crippen molar-refractivity contribution < 1.29 is 24.3 Å². The van der Waals surface area contributed by atoms with E-state index in [1.54, 1.807) is 24.3 Å². The van der Waals surface area contributed by atoms with Crippen LogP contribution in [-0.4, -0.2) is 53.0 Å². The zero-order valence-electron chi connectivity index (χ0n) is 14.9. The van der Waals surface area contributed by atoms with Crippen molar-refractivity contribution in [3.05, 3.63) is 35.4 Å². The largest absolute Gasteiger partial charge is 0.481 e. The highest BCUT2D eigenvalue weighted by Gasteiger charge is 2.34. The molecule has 0 bridgehead atoms. The van der Waals surface area contributed by atoms with E-state index in [2.05, 4.69) is 10.6 Å². The first kappa shape index (κ1) is 18.9. The third kappa shape index (κ3) is 4.27. The Morgan fingerprint density at radius 2 is 1.63 bits per heavy atom. The van der Waals surface area contributed by atoms with E-state index >= 15 is 0 Å². The molecule has 144 valence electrons. The lowest BCUT2D eigenvalue weighted by Crippen LogP contribution is -2.44. The fraction of sp³-hybridized carbons (Fsp3) is 0.474. The summed E-state index contributed by atoms with van der Waals surface area (Å²) in [4.78, 5) is 48.6. The number of aliphatic carboxylic acids is 1. The zero-order chi connectivity index (χ0) is 19.4. The number of nitrogens with one attached hydrogen (secondary N) is 2. The first-order valence-electron chi connectivity index (χ1n) is 9.19. The Kier molecular flexibility index (Phi) is 5.73. The van der Waals surface area contributed by atoms with Gasteiger partial charge >= 0.3 is 12.0 Å². The number of rotatable bonds is 6. The Bertz CT molecular complexity index is 720. The van der Waals surface area contributed by atoms with Gasteiger partial charge in [0.2, 0.25) is 0 Å². The molecule has 27 heavy (non-hydrogen) atoms.